The molecule has 1 N–H and O–H groups in total. The van der Waals surface area contributed by atoms with Crippen molar-refractivity contribution in [1.82, 2.24) is 5.32 Å². The van der Waals surface area contributed by atoms with Crippen LogP contribution >= 0.6 is 22.6 Å². The molecule has 0 amide bonds. The van der Waals surface area contributed by atoms with Gasteiger partial charge in [-0.05, 0) is 17.3 Å². The summed E-state index contributed by atoms with van der Waals surface area (Å²) in [6.07, 6.45) is 0.873. The van der Waals surface area contributed by atoms with Gasteiger partial charge in [0.05, 0.1) is 7.11 Å². The minimum atomic E-state index is -0.927. The molecular weight excluding hydrogens is 300 g/mol. The van der Waals surface area contributed by atoms with Crippen LogP contribution in [0.15, 0.2) is 0 Å². The number of esters is 1. The number of rotatable bonds is 4. The molecule has 1 rings (SSSR count). The summed E-state index contributed by atoms with van der Waals surface area (Å²) < 4.78 is 18.8. The zero-order valence-corrected chi connectivity index (χ0v) is 10.3. The van der Waals surface area contributed by atoms with Gasteiger partial charge in [-0.3, -0.25) is 10.1 Å². The smallest absolute Gasteiger partial charge is 0.326 e. The summed E-state index contributed by atoms with van der Waals surface area (Å²) in [7, 11) is 1.35. The van der Waals surface area contributed by atoms with Gasteiger partial charge in [-0.2, -0.15) is 0 Å². The molecule has 0 aliphatic carbocycles. The van der Waals surface area contributed by atoms with Crippen LogP contribution in [-0.2, 0) is 9.53 Å². The number of hydrogen-bond donors (Lipinski definition) is 1. The highest BCUT2D eigenvalue weighted by Gasteiger charge is 2.45. The summed E-state index contributed by atoms with van der Waals surface area (Å²) in [6.45, 7) is 0.260. The Morgan fingerprint density at radius 2 is 2.50 bits per heavy atom. The van der Waals surface area contributed by atoms with E-state index in [1.165, 1.54) is 7.11 Å². The van der Waals surface area contributed by atoms with E-state index in [-0.39, 0.29) is 18.9 Å². The summed E-state index contributed by atoms with van der Waals surface area (Å²) in [5, 5.41) is 2.95. The Kier molecular flexibility index (Phi) is 4.56. The maximum atomic E-state index is 13.1. The molecule has 0 aromatic heterocycles. The zero-order chi connectivity index (χ0) is 10.6. The van der Waals surface area contributed by atoms with Crippen LogP contribution in [-0.4, -0.2) is 35.8 Å². The number of halogens is 2. The Morgan fingerprint density at radius 3 is 2.93 bits per heavy atom. The van der Waals surface area contributed by atoms with Crippen LogP contribution in [0.4, 0.5) is 4.39 Å². The molecule has 2 atom stereocenters. The maximum Gasteiger partial charge on any atom is 0.326 e. The predicted molar refractivity (Wildman–Crippen MR) is 60.4 cm³/mol. The molecule has 0 spiro atoms. The van der Waals surface area contributed by atoms with Gasteiger partial charge in [0.15, 0.2) is 0 Å². The maximum absolute atomic E-state index is 13.1. The van der Waals surface area contributed by atoms with Gasteiger partial charge in [-0.1, -0.05) is 22.6 Å². The third-order valence-corrected chi connectivity index (χ3v) is 3.31. The molecule has 0 aromatic carbocycles. The zero-order valence-electron chi connectivity index (χ0n) is 8.19. The number of ether oxygens (including phenoxy) is 1. The van der Waals surface area contributed by atoms with E-state index < -0.39 is 11.7 Å². The van der Waals surface area contributed by atoms with Crippen LogP contribution in [0, 0.1) is 0 Å². The molecule has 14 heavy (non-hydrogen) atoms. The quantitative estimate of drug-likeness (QED) is 0.485. The van der Waals surface area contributed by atoms with E-state index in [0.717, 1.165) is 10.8 Å². The van der Waals surface area contributed by atoms with Gasteiger partial charge >= 0.3 is 5.97 Å². The number of carbonyl (C=O) groups is 1. The lowest BCUT2D eigenvalue weighted by Gasteiger charge is -2.25. The molecule has 1 unspecified atom stereocenters. The van der Waals surface area contributed by atoms with Crippen molar-refractivity contribution < 1.29 is 13.9 Å². The van der Waals surface area contributed by atoms with Crippen molar-refractivity contribution in [2.75, 3.05) is 18.1 Å². The molecule has 1 aliphatic rings. The fraction of sp³-hybridized carbons (Fsp3) is 0.889. The first kappa shape index (κ1) is 12.2. The van der Waals surface area contributed by atoms with Crippen molar-refractivity contribution in [2.24, 2.45) is 0 Å². The third-order valence-electron chi connectivity index (χ3n) is 2.55. The highest BCUT2D eigenvalue weighted by Crippen LogP contribution is 2.28. The minimum Gasteiger partial charge on any atom is -0.468 e. The summed E-state index contributed by atoms with van der Waals surface area (Å²) >= 11 is 2.25. The van der Waals surface area contributed by atoms with Crippen LogP contribution in [0.2, 0.25) is 0 Å². The summed E-state index contributed by atoms with van der Waals surface area (Å²) in [4.78, 5) is 11.5. The molecule has 0 radical (unpaired) electrons. The second kappa shape index (κ2) is 5.25. The third kappa shape index (κ3) is 2.56. The fourth-order valence-corrected chi connectivity index (χ4v) is 2.22. The summed E-state index contributed by atoms with van der Waals surface area (Å²) in [5.41, 5.74) is -0.765. The molecule has 5 heteroatoms. The van der Waals surface area contributed by atoms with Gasteiger partial charge in [-0.15, -0.1) is 0 Å². The van der Waals surface area contributed by atoms with Crippen LogP contribution in [0.3, 0.4) is 0 Å². The van der Waals surface area contributed by atoms with Crippen molar-refractivity contribution in [2.45, 2.75) is 31.0 Å². The monoisotopic (exact) mass is 315 g/mol. The van der Waals surface area contributed by atoms with Crippen LogP contribution < -0.4 is 5.32 Å². The Labute approximate surface area is 96.9 Å². The standard InChI is InChI=1S/C9H15FINO2/c1-14-8(13)9(3-2-4-11)5-7(10)6-12-9/h7,12H,2-6H2,1H3/t7?,9-/m1/s1. The Bertz CT molecular complexity index is 215. The second-order valence-corrected chi connectivity index (χ2v) is 4.63. The molecule has 1 aliphatic heterocycles. The van der Waals surface area contributed by atoms with Crippen molar-refractivity contribution in [3.8, 4) is 0 Å². The lowest BCUT2D eigenvalue weighted by molar-refractivity contribution is -0.148. The molecule has 1 saturated heterocycles. The van der Waals surface area contributed by atoms with Crippen molar-refractivity contribution in [3.05, 3.63) is 0 Å². The van der Waals surface area contributed by atoms with Gasteiger partial charge in [0.1, 0.15) is 11.7 Å². The number of hydrogen-bond acceptors (Lipinski definition) is 3. The second-order valence-electron chi connectivity index (χ2n) is 3.55. The van der Waals surface area contributed by atoms with E-state index >= 15 is 0 Å². The van der Waals surface area contributed by atoms with E-state index in [1.54, 1.807) is 0 Å². The van der Waals surface area contributed by atoms with E-state index in [4.69, 9.17) is 4.74 Å². The first-order valence-corrected chi connectivity index (χ1v) is 6.20. The van der Waals surface area contributed by atoms with Crippen LogP contribution in [0.5, 0.6) is 0 Å². The molecule has 0 bridgehead atoms. The van der Waals surface area contributed by atoms with Crippen LogP contribution in [0.1, 0.15) is 19.3 Å². The van der Waals surface area contributed by atoms with E-state index in [2.05, 4.69) is 27.9 Å². The topological polar surface area (TPSA) is 38.3 Å². The molecule has 0 saturated carbocycles. The normalized spacial score (nSPS) is 31.8. The first-order chi connectivity index (χ1) is 6.64. The van der Waals surface area contributed by atoms with Gasteiger partial charge in [0.25, 0.3) is 0 Å². The number of alkyl halides is 2. The molecule has 0 aromatic rings. The Hall–Kier alpha value is 0.0900. The van der Waals surface area contributed by atoms with Gasteiger partial charge in [0.2, 0.25) is 0 Å². The van der Waals surface area contributed by atoms with E-state index in [1.807, 2.05) is 0 Å². The Balaban J connectivity index is 2.65. The molecule has 82 valence electrons. The lowest BCUT2D eigenvalue weighted by Crippen LogP contribution is -2.48. The minimum absolute atomic E-state index is 0.246. The van der Waals surface area contributed by atoms with E-state index in [9.17, 15) is 9.18 Å². The summed E-state index contributed by atoms with van der Waals surface area (Å²) in [5.74, 6) is -0.331. The average Bonchev–Trinajstić information content (AvgIpc) is 2.57. The summed E-state index contributed by atoms with van der Waals surface area (Å²) in [6, 6.07) is 0. The largest absolute Gasteiger partial charge is 0.468 e. The molecular formula is C9H15FINO2. The first-order valence-electron chi connectivity index (χ1n) is 4.68. The van der Waals surface area contributed by atoms with Gasteiger partial charge in [-0.25, -0.2) is 4.39 Å². The fourth-order valence-electron chi connectivity index (χ4n) is 1.84. The average molecular weight is 315 g/mol. The van der Waals surface area contributed by atoms with Gasteiger partial charge < -0.3 is 4.74 Å². The van der Waals surface area contributed by atoms with Gasteiger partial charge in [0, 0.05) is 13.0 Å². The molecule has 1 heterocycles. The Morgan fingerprint density at radius 1 is 1.79 bits per heavy atom. The highest BCUT2D eigenvalue weighted by atomic mass is 127. The number of carbonyl (C=O) groups excluding carboxylic acids is 1. The highest BCUT2D eigenvalue weighted by molar-refractivity contribution is 14.1. The lowest BCUT2D eigenvalue weighted by atomic mass is 9.92. The predicted octanol–water partition coefficient (Wildman–Crippen LogP) is 1.44. The molecule has 3 nitrogen and oxygen atoms in total. The molecule has 1 fully saturated rings. The van der Waals surface area contributed by atoms with Crippen molar-refractivity contribution in [3.63, 3.8) is 0 Å². The SMILES string of the molecule is COC(=O)[C@@]1(CCCI)CC(F)CN1. The number of methoxy groups -OCH3 is 1. The van der Waals surface area contributed by atoms with Crippen molar-refractivity contribution >= 4 is 28.6 Å². The van der Waals surface area contributed by atoms with Crippen molar-refractivity contribution in [1.29, 1.82) is 0 Å². The number of nitrogens with one attached hydrogen (secondary N) is 1. The van der Waals surface area contributed by atoms with E-state index in [0.29, 0.717) is 6.42 Å². The van der Waals surface area contributed by atoms with Crippen LogP contribution in [0.25, 0.3) is 0 Å².